The van der Waals surface area contributed by atoms with Crippen molar-refractivity contribution in [1.29, 1.82) is 0 Å². The third-order valence-electron chi connectivity index (χ3n) is 2.73. The van der Waals surface area contributed by atoms with E-state index in [1.807, 2.05) is 0 Å². The van der Waals surface area contributed by atoms with E-state index < -0.39 is 0 Å². The molecule has 0 amide bonds. The highest BCUT2D eigenvalue weighted by molar-refractivity contribution is 4.73. The summed E-state index contributed by atoms with van der Waals surface area (Å²) in [7, 11) is 0. The zero-order valence-corrected chi connectivity index (χ0v) is 8.31. The molecule has 1 saturated heterocycles. The van der Waals surface area contributed by atoms with Crippen LogP contribution in [0.5, 0.6) is 0 Å². The minimum absolute atomic E-state index is 0.664. The largest absolute Gasteiger partial charge is 0.381 e. The van der Waals surface area contributed by atoms with Crippen molar-refractivity contribution in [1.82, 2.24) is 5.32 Å². The molecule has 2 atom stereocenters. The molecule has 1 aliphatic heterocycles. The summed E-state index contributed by atoms with van der Waals surface area (Å²) in [6, 6.07) is 0.664. The molecule has 0 spiro atoms. The maximum atomic E-state index is 5.43. The van der Waals surface area contributed by atoms with Gasteiger partial charge in [-0.2, -0.15) is 0 Å². The number of hydrogen-bond acceptors (Lipinski definition) is 2. The van der Waals surface area contributed by atoms with Crippen LogP contribution in [-0.2, 0) is 4.74 Å². The second-order valence-corrected chi connectivity index (χ2v) is 3.65. The Balaban J connectivity index is 2.27. The van der Waals surface area contributed by atoms with Crippen molar-refractivity contribution in [2.24, 2.45) is 5.92 Å². The molecule has 0 aromatic heterocycles. The summed E-state index contributed by atoms with van der Waals surface area (Å²) in [6.45, 7) is 7.47. The average Bonchev–Trinajstić information content (AvgIpc) is 2.32. The summed E-state index contributed by atoms with van der Waals surface area (Å²) in [5.74, 6) is 0.826. The predicted octanol–water partition coefficient (Wildman–Crippen LogP) is 1.80. The molecule has 1 fully saturated rings. The molecule has 2 unspecified atom stereocenters. The summed E-state index contributed by atoms with van der Waals surface area (Å²) < 4.78 is 5.43. The number of nitrogens with one attached hydrogen (secondary N) is 1. The van der Waals surface area contributed by atoms with Gasteiger partial charge in [-0.3, -0.25) is 0 Å². The van der Waals surface area contributed by atoms with Crippen molar-refractivity contribution in [2.45, 2.75) is 39.2 Å². The topological polar surface area (TPSA) is 21.3 Å². The Kier molecular flexibility index (Phi) is 4.62. The zero-order chi connectivity index (χ0) is 8.81. The number of hydrogen-bond donors (Lipinski definition) is 1. The van der Waals surface area contributed by atoms with Gasteiger partial charge in [-0.1, -0.05) is 6.92 Å². The molecule has 0 aromatic rings. The van der Waals surface area contributed by atoms with Gasteiger partial charge in [0.15, 0.2) is 0 Å². The molecule has 1 aliphatic rings. The molecule has 1 N–H and O–H groups in total. The lowest BCUT2D eigenvalue weighted by Gasteiger charge is -2.22. The fourth-order valence-corrected chi connectivity index (χ4v) is 1.92. The van der Waals surface area contributed by atoms with Gasteiger partial charge < -0.3 is 10.1 Å². The van der Waals surface area contributed by atoms with Crippen molar-refractivity contribution in [2.75, 3.05) is 19.8 Å². The fourth-order valence-electron chi connectivity index (χ4n) is 1.92. The molecule has 2 heteroatoms. The third-order valence-corrected chi connectivity index (χ3v) is 2.73. The lowest BCUT2D eigenvalue weighted by molar-refractivity contribution is 0.140. The minimum Gasteiger partial charge on any atom is -0.381 e. The van der Waals surface area contributed by atoms with Crippen molar-refractivity contribution >= 4 is 0 Å². The summed E-state index contributed by atoms with van der Waals surface area (Å²) in [5, 5.41) is 3.49. The van der Waals surface area contributed by atoms with E-state index in [9.17, 15) is 0 Å². The van der Waals surface area contributed by atoms with Gasteiger partial charge in [-0.15, -0.1) is 0 Å². The standard InChI is InChI=1S/C10H21NO/c1-3-11-9(2)10-5-4-7-12-8-6-10/h9-11H,3-8H2,1-2H3. The van der Waals surface area contributed by atoms with Crippen LogP contribution in [-0.4, -0.2) is 25.8 Å². The van der Waals surface area contributed by atoms with Crippen LogP contribution >= 0.6 is 0 Å². The second-order valence-electron chi connectivity index (χ2n) is 3.65. The Labute approximate surface area is 75.7 Å². The Bertz CT molecular complexity index is 108. The lowest BCUT2D eigenvalue weighted by atomic mass is 9.93. The van der Waals surface area contributed by atoms with Crippen molar-refractivity contribution in [3.63, 3.8) is 0 Å². The first-order chi connectivity index (χ1) is 5.84. The summed E-state index contributed by atoms with van der Waals surface area (Å²) in [5.41, 5.74) is 0. The van der Waals surface area contributed by atoms with Crippen LogP contribution < -0.4 is 5.32 Å². The second kappa shape index (κ2) is 5.55. The van der Waals surface area contributed by atoms with E-state index in [0.29, 0.717) is 6.04 Å². The van der Waals surface area contributed by atoms with E-state index in [1.54, 1.807) is 0 Å². The van der Waals surface area contributed by atoms with Crippen molar-refractivity contribution in [3.8, 4) is 0 Å². The maximum absolute atomic E-state index is 5.43. The highest BCUT2D eigenvalue weighted by atomic mass is 16.5. The van der Waals surface area contributed by atoms with E-state index in [1.165, 1.54) is 19.3 Å². The molecular formula is C10H21NO. The van der Waals surface area contributed by atoms with Gasteiger partial charge in [0.2, 0.25) is 0 Å². The van der Waals surface area contributed by atoms with Crippen LogP contribution in [0.4, 0.5) is 0 Å². The van der Waals surface area contributed by atoms with E-state index in [0.717, 1.165) is 25.7 Å². The molecule has 0 bridgehead atoms. The fraction of sp³-hybridized carbons (Fsp3) is 1.00. The summed E-state index contributed by atoms with van der Waals surface area (Å²) in [6.07, 6.45) is 3.79. The monoisotopic (exact) mass is 171 g/mol. The zero-order valence-electron chi connectivity index (χ0n) is 8.31. The van der Waals surface area contributed by atoms with E-state index in [-0.39, 0.29) is 0 Å². The molecular weight excluding hydrogens is 150 g/mol. The molecule has 0 aromatic carbocycles. The van der Waals surface area contributed by atoms with Gasteiger partial charge in [0.1, 0.15) is 0 Å². The number of rotatable bonds is 3. The molecule has 1 heterocycles. The number of ether oxygens (including phenoxy) is 1. The van der Waals surface area contributed by atoms with Crippen LogP contribution in [0.25, 0.3) is 0 Å². The van der Waals surface area contributed by atoms with Crippen LogP contribution in [0, 0.1) is 5.92 Å². The normalized spacial score (nSPS) is 28.0. The van der Waals surface area contributed by atoms with E-state index in [2.05, 4.69) is 19.2 Å². The minimum atomic E-state index is 0.664. The quantitative estimate of drug-likeness (QED) is 0.699. The van der Waals surface area contributed by atoms with Gasteiger partial charge >= 0.3 is 0 Å². The van der Waals surface area contributed by atoms with Crippen LogP contribution in [0.3, 0.4) is 0 Å². The first kappa shape index (κ1) is 10.0. The van der Waals surface area contributed by atoms with Gasteiger partial charge in [0.25, 0.3) is 0 Å². The van der Waals surface area contributed by atoms with Crippen molar-refractivity contribution in [3.05, 3.63) is 0 Å². The van der Waals surface area contributed by atoms with E-state index in [4.69, 9.17) is 4.74 Å². The maximum Gasteiger partial charge on any atom is 0.0469 e. The molecule has 0 aliphatic carbocycles. The molecule has 72 valence electrons. The van der Waals surface area contributed by atoms with Gasteiger partial charge in [-0.25, -0.2) is 0 Å². The van der Waals surface area contributed by atoms with Crippen LogP contribution in [0.15, 0.2) is 0 Å². The van der Waals surface area contributed by atoms with Gasteiger partial charge in [0, 0.05) is 19.3 Å². The highest BCUT2D eigenvalue weighted by Crippen LogP contribution is 2.19. The average molecular weight is 171 g/mol. The summed E-state index contributed by atoms with van der Waals surface area (Å²) in [4.78, 5) is 0. The molecule has 2 nitrogen and oxygen atoms in total. The van der Waals surface area contributed by atoms with Gasteiger partial charge in [0.05, 0.1) is 0 Å². The van der Waals surface area contributed by atoms with E-state index >= 15 is 0 Å². The SMILES string of the molecule is CCNC(C)C1CCCOCC1. The van der Waals surface area contributed by atoms with Crippen molar-refractivity contribution < 1.29 is 4.74 Å². The predicted molar refractivity (Wildman–Crippen MR) is 51.3 cm³/mol. The Morgan fingerprint density at radius 2 is 2.25 bits per heavy atom. The smallest absolute Gasteiger partial charge is 0.0469 e. The molecule has 0 saturated carbocycles. The molecule has 1 rings (SSSR count). The first-order valence-corrected chi connectivity index (χ1v) is 5.15. The van der Waals surface area contributed by atoms with Crippen LogP contribution in [0.1, 0.15) is 33.1 Å². The Morgan fingerprint density at radius 1 is 1.42 bits per heavy atom. The Morgan fingerprint density at radius 3 is 3.00 bits per heavy atom. The lowest BCUT2D eigenvalue weighted by Crippen LogP contribution is -2.33. The summed E-state index contributed by atoms with van der Waals surface area (Å²) >= 11 is 0. The molecule has 12 heavy (non-hydrogen) atoms. The first-order valence-electron chi connectivity index (χ1n) is 5.15. The Hall–Kier alpha value is -0.0800. The highest BCUT2D eigenvalue weighted by Gasteiger charge is 2.17. The van der Waals surface area contributed by atoms with Crippen LogP contribution in [0.2, 0.25) is 0 Å². The van der Waals surface area contributed by atoms with Gasteiger partial charge in [-0.05, 0) is 38.6 Å². The molecule has 0 radical (unpaired) electrons. The third kappa shape index (κ3) is 3.11.